The summed E-state index contributed by atoms with van der Waals surface area (Å²) in [6.45, 7) is 2.16. The number of aliphatic carboxylic acids is 1. The molecule has 4 aliphatic rings. The van der Waals surface area contributed by atoms with Crippen molar-refractivity contribution in [3.63, 3.8) is 0 Å². The van der Waals surface area contributed by atoms with Crippen molar-refractivity contribution in [1.29, 1.82) is 0 Å². The molecule has 96 valence electrons. The van der Waals surface area contributed by atoms with E-state index in [1.807, 2.05) is 6.92 Å². The number of hydrogen-bond donors (Lipinski definition) is 2. The molecule has 0 heterocycles. The van der Waals surface area contributed by atoms with Crippen molar-refractivity contribution >= 4 is 5.97 Å². The van der Waals surface area contributed by atoms with Crippen molar-refractivity contribution in [2.75, 3.05) is 6.54 Å². The number of hydrogen-bond acceptors (Lipinski definition) is 2. The summed E-state index contributed by atoms with van der Waals surface area (Å²) in [4.78, 5) is 11.6. The molecule has 0 aromatic carbocycles. The highest BCUT2D eigenvalue weighted by Crippen LogP contribution is 2.60. The first-order valence-corrected chi connectivity index (χ1v) is 6.98. The van der Waals surface area contributed by atoms with Crippen molar-refractivity contribution in [2.45, 2.75) is 39.0 Å². The summed E-state index contributed by atoms with van der Waals surface area (Å²) in [5, 5.41) is 9.54. The lowest BCUT2D eigenvalue weighted by atomic mass is 9.47. The van der Waals surface area contributed by atoms with E-state index in [0.717, 1.165) is 11.8 Å². The number of nitrogens with two attached hydrogens (primary N) is 1. The van der Waals surface area contributed by atoms with E-state index in [1.165, 1.54) is 32.1 Å². The van der Waals surface area contributed by atoms with E-state index in [9.17, 15) is 9.90 Å². The highest BCUT2D eigenvalue weighted by molar-refractivity contribution is 5.75. The van der Waals surface area contributed by atoms with E-state index in [4.69, 9.17) is 5.73 Å². The summed E-state index contributed by atoms with van der Waals surface area (Å²) in [7, 11) is 0. The Morgan fingerprint density at radius 1 is 1.18 bits per heavy atom. The topological polar surface area (TPSA) is 63.3 Å². The SMILES string of the molecule is CC(CN)(C(=O)O)C1C2CC3CC(C2)CC1C3. The van der Waals surface area contributed by atoms with Gasteiger partial charge in [-0.1, -0.05) is 0 Å². The molecule has 1 atom stereocenters. The van der Waals surface area contributed by atoms with Crippen molar-refractivity contribution < 1.29 is 9.90 Å². The van der Waals surface area contributed by atoms with Gasteiger partial charge >= 0.3 is 5.97 Å². The van der Waals surface area contributed by atoms with Crippen LogP contribution in [0.1, 0.15) is 39.0 Å². The zero-order valence-electron chi connectivity index (χ0n) is 10.6. The van der Waals surface area contributed by atoms with Gasteiger partial charge in [0.2, 0.25) is 0 Å². The molecule has 0 aliphatic heterocycles. The van der Waals surface area contributed by atoms with Crippen molar-refractivity contribution in [3.05, 3.63) is 0 Å². The highest BCUT2D eigenvalue weighted by Gasteiger charge is 2.56. The van der Waals surface area contributed by atoms with Crippen LogP contribution in [0.15, 0.2) is 0 Å². The fourth-order valence-electron chi connectivity index (χ4n) is 5.33. The summed E-state index contributed by atoms with van der Waals surface area (Å²) in [6, 6.07) is 0. The van der Waals surface area contributed by atoms with Gasteiger partial charge in [-0.15, -0.1) is 0 Å². The van der Waals surface area contributed by atoms with Crippen LogP contribution in [0.25, 0.3) is 0 Å². The Bertz CT molecular complexity index is 313. The third-order valence-electron chi connectivity index (χ3n) is 5.88. The number of rotatable bonds is 3. The number of carboxylic acid groups (broad SMARTS) is 1. The molecule has 0 aromatic rings. The Hall–Kier alpha value is -0.570. The van der Waals surface area contributed by atoms with Gasteiger partial charge in [0, 0.05) is 6.54 Å². The average molecular weight is 237 g/mol. The van der Waals surface area contributed by atoms with E-state index >= 15 is 0 Å². The molecule has 0 saturated heterocycles. The lowest BCUT2D eigenvalue weighted by molar-refractivity contribution is -0.163. The first kappa shape index (κ1) is 11.5. The minimum Gasteiger partial charge on any atom is -0.481 e. The van der Waals surface area contributed by atoms with Gasteiger partial charge in [-0.25, -0.2) is 0 Å². The van der Waals surface area contributed by atoms with Gasteiger partial charge in [0.05, 0.1) is 5.41 Å². The lowest BCUT2D eigenvalue weighted by Crippen LogP contribution is -2.55. The second-order valence-corrected chi connectivity index (χ2v) is 6.88. The highest BCUT2D eigenvalue weighted by atomic mass is 16.4. The minimum absolute atomic E-state index is 0.287. The van der Waals surface area contributed by atoms with Crippen LogP contribution < -0.4 is 5.73 Å². The Morgan fingerprint density at radius 3 is 2.00 bits per heavy atom. The molecule has 1 unspecified atom stereocenters. The van der Waals surface area contributed by atoms with E-state index < -0.39 is 11.4 Å². The number of carboxylic acids is 1. The standard InChI is InChI=1S/C14H23NO2/c1-14(7-15,13(16)17)12-10-3-8-2-9(5-10)6-11(12)4-8/h8-12H,2-7,15H2,1H3,(H,16,17). The minimum atomic E-state index is -0.692. The van der Waals surface area contributed by atoms with E-state index in [1.54, 1.807) is 0 Å². The maximum Gasteiger partial charge on any atom is 0.310 e. The molecule has 4 saturated carbocycles. The third kappa shape index (κ3) is 1.55. The second kappa shape index (κ2) is 3.71. The molecule has 17 heavy (non-hydrogen) atoms. The zero-order valence-corrected chi connectivity index (χ0v) is 10.6. The van der Waals surface area contributed by atoms with Gasteiger partial charge in [0.1, 0.15) is 0 Å². The summed E-state index contributed by atoms with van der Waals surface area (Å²) in [5.41, 5.74) is 5.12. The van der Waals surface area contributed by atoms with Gasteiger partial charge in [-0.3, -0.25) is 4.79 Å². The van der Waals surface area contributed by atoms with Gasteiger partial charge in [0.15, 0.2) is 0 Å². The van der Waals surface area contributed by atoms with Crippen molar-refractivity contribution in [2.24, 2.45) is 40.7 Å². The summed E-state index contributed by atoms with van der Waals surface area (Å²) in [6.07, 6.45) is 6.47. The Kier molecular flexibility index (Phi) is 2.51. The maximum absolute atomic E-state index is 11.6. The summed E-state index contributed by atoms with van der Waals surface area (Å²) in [5.74, 6) is 2.70. The smallest absolute Gasteiger partial charge is 0.310 e. The maximum atomic E-state index is 11.6. The third-order valence-corrected chi connectivity index (χ3v) is 5.88. The molecule has 4 fully saturated rings. The molecular weight excluding hydrogens is 214 g/mol. The predicted molar refractivity (Wildman–Crippen MR) is 65.3 cm³/mol. The molecule has 4 bridgehead atoms. The van der Waals surface area contributed by atoms with E-state index in [0.29, 0.717) is 17.8 Å². The fourth-order valence-corrected chi connectivity index (χ4v) is 5.33. The van der Waals surface area contributed by atoms with Crippen LogP contribution in [0.3, 0.4) is 0 Å². The van der Waals surface area contributed by atoms with Crippen LogP contribution in [0.2, 0.25) is 0 Å². The van der Waals surface area contributed by atoms with Gasteiger partial charge < -0.3 is 10.8 Å². The molecule has 3 heteroatoms. The molecule has 3 nitrogen and oxygen atoms in total. The van der Waals surface area contributed by atoms with Crippen LogP contribution in [0.4, 0.5) is 0 Å². The quantitative estimate of drug-likeness (QED) is 0.790. The van der Waals surface area contributed by atoms with Gasteiger partial charge in [-0.2, -0.15) is 0 Å². The van der Waals surface area contributed by atoms with Crippen LogP contribution in [-0.2, 0) is 4.79 Å². The Morgan fingerprint density at radius 2 is 1.65 bits per heavy atom. The largest absolute Gasteiger partial charge is 0.481 e. The Balaban J connectivity index is 1.91. The summed E-state index contributed by atoms with van der Waals surface area (Å²) < 4.78 is 0. The van der Waals surface area contributed by atoms with Crippen LogP contribution in [0.5, 0.6) is 0 Å². The molecule has 0 amide bonds. The molecule has 0 aromatic heterocycles. The fraction of sp³-hybridized carbons (Fsp3) is 0.929. The van der Waals surface area contributed by atoms with Crippen LogP contribution in [0, 0.1) is 35.0 Å². The normalized spacial score (nSPS) is 46.8. The molecular formula is C14H23NO2. The molecule has 0 spiro atoms. The van der Waals surface area contributed by atoms with Crippen molar-refractivity contribution in [1.82, 2.24) is 0 Å². The van der Waals surface area contributed by atoms with E-state index in [-0.39, 0.29) is 6.54 Å². The number of carbonyl (C=O) groups is 1. The van der Waals surface area contributed by atoms with Crippen LogP contribution >= 0.6 is 0 Å². The lowest BCUT2D eigenvalue weighted by Gasteiger charge is -2.58. The molecule has 4 aliphatic carbocycles. The molecule has 0 radical (unpaired) electrons. The van der Waals surface area contributed by atoms with E-state index in [2.05, 4.69) is 0 Å². The van der Waals surface area contributed by atoms with Crippen LogP contribution in [-0.4, -0.2) is 17.6 Å². The first-order chi connectivity index (χ1) is 8.04. The average Bonchev–Trinajstić information content (AvgIpc) is 2.26. The van der Waals surface area contributed by atoms with Gasteiger partial charge in [-0.05, 0) is 68.6 Å². The first-order valence-electron chi connectivity index (χ1n) is 6.98. The molecule has 4 rings (SSSR count). The molecule has 3 N–H and O–H groups in total. The Labute approximate surface area is 103 Å². The predicted octanol–water partition coefficient (Wildman–Crippen LogP) is 2.11. The second-order valence-electron chi connectivity index (χ2n) is 6.88. The monoisotopic (exact) mass is 237 g/mol. The summed E-state index contributed by atoms with van der Waals surface area (Å²) >= 11 is 0. The van der Waals surface area contributed by atoms with Crippen molar-refractivity contribution in [3.8, 4) is 0 Å². The zero-order chi connectivity index (χ0) is 12.2. The van der Waals surface area contributed by atoms with Gasteiger partial charge in [0.25, 0.3) is 0 Å².